The van der Waals surface area contributed by atoms with Crippen molar-refractivity contribution in [3.8, 4) is 17.6 Å². The van der Waals surface area contributed by atoms with Gasteiger partial charge in [0.1, 0.15) is 11.5 Å². The van der Waals surface area contributed by atoms with Gasteiger partial charge in [-0.2, -0.15) is 18.4 Å². The molecule has 2 fully saturated rings. The molecule has 0 unspecified atom stereocenters. The van der Waals surface area contributed by atoms with E-state index < -0.39 is 22.7 Å². The van der Waals surface area contributed by atoms with E-state index in [2.05, 4.69) is 0 Å². The minimum atomic E-state index is -4.65. The van der Waals surface area contributed by atoms with Gasteiger partial charge in [-0.1, -0.05) is 0 Å². The first kappa shape index (κ1) is 24.7. The Bertz CT molecular complexity index is 1140. The van der Waals surface area contributed by atoms with E-state index in [1.165, 1.54) is 26.4 Å². The highest BCUT2D eigenvalue weighted by atomic mass is 19.4. The van der Waals surface area contributed by atoms with Crippen molar-refractivity contribution in [3.63, 3.8) is 0 Å². The molecule has 0 spiro atoms. The third kappa shape index (κ3) is 4.60. The van der Waals surface area contributed by atoms with E-state index >= 15 is 0 Å². The number of hydrogen-bond donors (Lipinski definition) is 1. The lowest BCUT2D eigenvalue weighted by Gasteiger charge is -2.42. The monoisotopic (exact) mass is 489 g/mol. The van der Waals surface area contributed by atoms with Gasteiger partial charge in [0.2, 0.25) is 0 Å². The first-order valence-corrected chi connectivity index (χ1v) is 11.1. The van der Waals surface area contributed by atoms with E-state index in [0.29, 0.717) is 55.3 Å². The Balaban J connectivity index is 1.57. The van der Waals surface area contributed by atoms with Crippen LogP contribution in [0.5, 0.6) is 11.5 Å². The number of hydrogen-bond acceptors (Lipinski definition) is 6. The number of nitriles is 1. The molecule has 1 N–H and O–H groups in total. The number of aliphatic hydroxyl groups excluding tert-OH is 1. The number of benzene rings is 2. The molecule has 10 heteroatoms. The Labute approximate surface area is 201 Å². The molecule has 1 amide bonds. The van der Waals surface area contributed by atoms with Crippen LogP contribution in [0.25, 0.3) is 0 Å². The normalized spacial score (nSPS) is 21.9. The van der Waals surface area contributed by atoms with E-state index in [4.69, 9.17) is 14.7 Å². The van der Waals surface area contributed by atoms with E-state index in [-0.39, 0.29) is 18.4 Å². The summed E-state index contributed by atoms with van der Waals surface area (Å²) >= 11 is 0. The molecule has 2 aliphatic heterocycles. The molecule has 0 aliphatic carbocycles. The van der Waals surface area contributed by atoms with Gasteiger partial charge in [0, 0.05) is 54.8 Å². The van der Waals surface area contributed by atoms with Crippen LogP contribution in [0.15, 0.2) is 36.4 Å². The molecule has 4 rings (SSSR count). The van der Waals surface area contributed by atoms with Crippen molar-refractivity contribution in [1.29, 1.82) is 5.26 Å². The third-order valence-corrected chi connectivity index (χ3v) is 7.13. The lowest BCUT2D eigenvalue weighted by atomic mass is 9.73. The number of piperidine rings is 1. The lowest BCUT2D eigenvalue weighted by molar-refractivity contribution is -0.137. The van der Waals surface area contributed by atoms with Gasteiger partial charge in [-0.05, 0) is 36.8 Å². The van der Waals surface area contributed by atoms with Crippen LogP contribution in [0, 0.1) is 22.7 Å². The number of anilines is 1. The number of ether oxygens (including phenoxy) is 2. The maximum Gasteiger partial charge on any atom is 0.417 e. The number of alkyl halides is 3. The second-order valence-electron chi connectivity index (χ2n) is 9.04. The quantitative estimate of drug-likeness (QED) is 0.692. The number of carbonyl (C=O) groups excluding carboxylic acids is 1. The minimum Gasteiger partial charge on any atom is -0.497 e. The van der Waals surface area contributed by atoms with E-state index in [1.807, 2.05) is 0 Å². The van der Waals surface area contributed by atoms with Crippen LogP contribution >= 0.6 is 0 Å². The molecule has 35 heavy (non-hydrogen) atoms. The average molecular weight is 489 g/mol. The fourth-order valence-corrected chi connectivity index (χ4v) is 5.10. The summed E-state index contributed by atoms with van der Waals surface area (Å²) in [6.45, 7) is 1.38. The number of amides is 1. The van der Waals surface area contributed by atoms with Crippen LogP contribution in [0.1, 0.15) is 27.9 Å². The van der Waals surface area contributed by atoms with Crippen molar-refractivity contribution in [2.75, 3.05) is 51.9 Å². The maximum absolute atomic E-state index is 13.5. The van der Waals surface area contributed by atoms with Crippen molar-refractivity contribution in [3.05, 3.63) is 53.1 Å². The van der Waals surface area contributed by atoms with Crippen molar-refractivity contribution >= 4 is 11.6 Å². The van der Waals surface area contributed by atoms with Gasteiger partial charge >= 0.3 is 6.18 Å². The topological polar surface area (TPSA) is 86.0 Å². The number of rotatable bonds is 5. The number of nitrogens with zero attached hydrogens (tertiary/aromatic N) is 3. The second-order valence-corrected chi connectivity index (χ2v) is 9.04. The Hall–Kier alpha value is -3.45. The summed E-state index contributed by atoms with van der Waals surface area (Å²) in [6.07, 6.45) is -4.14. The molecule has 2 saturated heterocycles. The number of carbonyl (C=O) groups is 1. The second kappa shape index (κ2) is 9.30. The number of aliphatic hydroxyl groups is 1. The maximum atomic E-state index is 13.5. The van der Waals surface area contributed by atoms with E-state index in [9.17, 15) is 23.1 Å². The van der Waals surface area contributed by atoms with Gasteiger partial charge in [-0.3, -0.25) is 4.79 Å². The van der Waals surface area contributed by atoms with Gasteiger partial charge in [-0.15, -0.1) is 0 Å². The van der Waals surface area contributed by atoms with Crippen LogP contribution in [-0.4, -0.2) is 62.9 Å². The molecule has 2 aliphatic rings. The van der Waals surface area contributed by atoms with Crippen LogP contribution in [0.2, 0.25) is 0 Å². The van der Waals surface area contributed by atoms with E-state index in [0.717, 1.165) is 6.07 Å². The first-order chi connectivity index (χ1) is 16.6. The Morgan fingerprint density at radius 2 is 1.86 bits per heavy atom. The third-order valence-electron chi connectivity index (χ3n) is 7.13. The highest BCUT2D eigenvalue weighted by molar-refractivity contribution is 5.95. The molecule has 0 saturated carbocycles. The molecule has 2 aromatic rings. The lowest BCUT2D eigenvalue weighted by Crippen LogP contribution is -2.50. The molecule has 2 aromatic carbocycles. The van der Waals surface area contributed by atoms with Crippen LogP contribution in [-0.2, 0) is 6.18 Å². The SMILES string of the molecule is COc1cc(OC)cc(C(=O)N2CC[C@@]3(CO)CN(c4ccc(C#N)c(C(F)(F)F)c4)C[C@H]3C2)c1. The molecular formula is C25H26F3N3O4. The number of halogens is 3. The zero-order valence-electron chi connectivity index (χ0n) is 19.4. The molecule has 0 radical (unpaired) electrons. The van der Waals surface area contributed by atoms with Gasteiger partial charge < -0.3 is 24.4 Å². The molecule has 2 atom stereocenters. The summed E-state index contributed by atoms with van der Waals surface area (Å²) < 4.78 is 51.0. The van der Waals surface area contributed by atoms with Gasteiger partial charge in [0.15, 0.2) is 0 Å². The largest absolute Gasteiger partial charge is 0.497 e. The molecule has 0 bridgehead atoms. The van der Waals surface area contributed by atoms with Crippen molar-refractivity contribution < 1.29 is 32.5 Å². The predicted molar refractivity (Wildman–Crippen MR) is 121 cm³/mol. The summed E-state index contributed by atoms with van der Waals surface area (Å²) in [7, 11) is 3.00. The number of likely N-dealkylation sites (tertiary alicyclic amines) is 1. The summed E-state index contributed by atoms with van der Waals surface area (Å²) in [5.74, 6) is 0.637. The Morgan fingerprint density at radius 1 is 1.17 bits per heavy atom. The number of fused-ring (bicyclic) bond motifs is 1. The van der Waals surface area contributed by atoms with Crippen molar-refractivity contribution in [1.82, 2.24) is 4.90 Å². The van der Waals surface area contributed by atoms with Gasteiger partial charge in [0.05, 0.1) is 38.0 Å². The first-order valence-electron chi connectivity index (χ1n) is 11.1. The van der Waals surface area contributed by atoms with Gasteiger partial charge in [0.25, 0.3) is 5.91 Å². The van der Waals surface area contributed by atoms with Crippen molar-refractivity contribution in [2.24, 2.45) is 11.3 Å². The fourth-order valence-electron chi connectivity index (χ4n) is 5.10. The summed E-state index contributed by atoms with van der Waals surface area (Å²) in [4.78, 5) is 16.8. The fraction of sp³-hybridized carbons (Fsp3) is 0.440. The van der Waals surface area contributed by atoms with E-state index in [1.54, 1.807) is 34.1 Å². The molecule has 186 valence electrons. The van der Waals surface area contributed by atoms with Crippen LogP contribution in [0.4, 0.5) is 18.9 Å². The average Bonchev–Trinajstić information content (AvgIpc) is 3.26. The molecule has 2 heterocycles. The Kier molecular flexibility index (Phi) is 6.56. The predicted octanol–water partition coefficient (Wildman–Crippen LogP) is 3.56. The summed E-state index contributed by atoms with van der Waals surface area (Å²) in [5, 5.41) is 19.4. The molecule has 7 nitrogen and oxygen atoms in total. The Morgan fingerprint density at radius 3 is 2.43 bits per heavy atom. The highest BCUT2D eigenvalue weighted by Gasteiger charge is 2.50. The van der Waals surface area contributed by atoms with Crippen LogP contribution in [0.3, 0.4) is 0 Å². The molecular weight excluding hydrogens is 463 g/mol. The van der Waals surface area contributed by atoms with Crippen LogP contribution < -0.4 is 14.4 Å². The summed E-state index contributed by atoms with van der Waals surface area (Å²) in [6, 6.07) is 10.2. The minimum absolute atomic E-state index is 0.133. The zero-order valence-corrected chi connectivity index (χ0v) is 19.4. The van der Waals surface area contributed by atoms with Gasteiger partial charge in [-0.25, -0.2) is 0 Å². The smallest absolute Gasteiger partial charge is 0.417 e. The molecule has 0 aromatic heterocycles. The zero-order chi connectivity index (χ0) is 25.4. The number of methoxy groups -OCH3 is 2. The standard InChI is InChI=1S/C25H26F3N3O4/c1-34-20-7-17(8-21(10-20)35-2)23(33)30-6-5-24(15-32)14-31(13-18(24)12-30)19-4-3-16(11-29)22(9-19)25(26,27)28/h3-4,7-10,18,32H,5-6,12-15H2,1-2H3/t18-,24+/m1/s1. The summed E-state index contributed by atoms with van der Waals surface area (Å²) in [5.41, 5.74) is -1.19. The van der Waals surface area contributed by atoms with Crippen molar-refractivity contribution in [2.45, 2.75) is 12.6 Å². The highest BCUT2D eigenvalue weighted by Crippen LogP contribution is 2.45.